The van der Waals surface area contributed by atoms with Crippen LogP contribution in [0.3, 0.4) is 0 Å². The molecular formula is C15H21ClN2O3. The number of ether oxygens (including phenoxy) is 2. The van der Waals surface area contributed by atoms with E-state index in [0.717, 1.165) is 36.3 Å². The number of fused-ring (bicyclic) bond motifs is 1. The van der Waals surface area contributed by atoms with Crippen LogP contribution >= 0.6 is 12.4 Å². The molecule has 6 heteroatoms. The molecule has 116 valence electrons. The molecule has 0 aromatic heterocycles. The third-order valence-electron chi connectivity index (χ3n) is 4.11. The lowest BCUT2D eigenvalue weighted by atomic mass is 9.77. The Hall–Kier alpha value is -1.46. The van der Waals surface area contributed by atoms with E-state index in [1.54, 1.807) is 0 Å². The molecule has 3 N–H and O–H groups in total. The zero-order valence-electron chi connectivity index (χ0n) is 12.1. The topological polar surface area (TPSA) is 73.6 Å². The van der Waals surface area contributed by atoms with E-state index >= 15 is 0 Å². The lowest BCUT2D eigenvalue weighted by Gasteiger charge is -2.37. The Bertz CT molecular complexity index is 532. The van der Waals surface area contributed by atoms with Crippen LogP contribution in [0.15, 0.2) is 18.2 Å². The summed E-state index contributed by atoms with van der Waals surface area (Å²) in [5.41, 5.74) is 6.35. The second-order valence-corrected chi connectivity index (χ2v) is 5.61. The van der Waals surface area contributed by atoms with Gasteiger partial charge in [0.05, 0.1) is 11.6 Å². The highest BCUT2D eigenvalue weighted by atomic mass is 35.5. The van der Waals surface area contributed by atoms with Gasteiger partial charge in [-0.1, -0.05) is 6.07 Å². The van der Waals surface area contributed by atoms with Crippen LogP contribution in [0.4, 0.5) is 0 Å². The van der Waals surface area contributed by atoms with Crippen molar-refractivity contribution in [3.05, 3.63) is 23.8 Å². The summed E-state index contributed by atoms with van der Waals surface area (Å²) in [5.74, 6) is 1.43. The fourth-order valence-corrected chi connectivity index (χ4v) is 2.54. The van der Waals surface area contributed by atoms with Crippen LogP contribution in [0.2, 0.25) is 0 Å². The molecule has 0 spiro atoms. The lowest BCUT2D eigenvalue weighted by Crippen LogP contribution is -2.58. The average Bonchev–Trinajstić information content (AvgIpc) is 2.44. The van der Waals surface area contributed by atoms with Crippen LogP contribution in [-0.4, -0.2) is 24.7 Å². The molecule has 1 unspecified atom stereocenters. The minimum absolute atomic E-state index is 0. The minimum Gasteiger partial charge on any atom is -0.486 e. The fourth-order valence-electron chi connectivity index (χ4n) is 2.54. The van der Waals surface area contributed by atoms with E-state index in [4.69, 9.17) is 15.2 Å². The van der Waals surface area contributed by atoms with Gasteiger partial charge in [0, 0.05) is 0 Å². The third kappa shape index (κ3) is 3.09. The van der Waals surface area contributed by atoms with Crippen LogP contribution in [0.5, 0.6) is 11.5 Å². The van der Waals surface area contributed by atoms with E-state index < -0.39 is 5.54 Å². The van der Waals surface area contributed by atoms with Gasteiger partial charge in [-0.05, 0) is 43.9 Å². The van der Waals surface area contributed by atoms with Crippen LogP contribution in [0, 0.1) is 0 Å². The second-order valence-electron chi connectivity index (χ2n) is 5.61. The van der Waals surface area contributed by atoms with Gasteiger partial charge in [-0.15, -0.1) is 12.4 Å². The van der Waals surface area contributed by atoms with Crippen molar-refractivity contribution in [3.63, 3.8) is 0 Å². The Morgan fingerprint density at radius 2 is 1.95 bits per heavy atom. The Morgan fingerprint density at radius 1 is 1.29 bits per heavy atom. The van der Waals surface area contributed by atoms with Crippen molar-refractivity contribution in [2.24, 2.45) is 5.73 Å². The van der Waals surface area contributed by atoms with E-state index in [1.807, 2.05) is 25.1 Å². The molecule has 1 aromatic carbocycles. The van der Waals surface area contributed by atoms with Gasteiger partial charge in [-0.25, -0.2) is 0 Å². The number of nitrogens with two attached hydrogens (primary N) is 1. The number of benzene rings is 1. The number of amides is 1. The van der Waals surface area contributed by atoms with Crippen molar-refractivity contribution in [2.75, 3.05) is 13.2 Å². The van der Waals surface area contributed by atoms with Crippen molar-refractivity contribution in [1.82, 2.24) is 5.32 Å². The number of carbonyl (C=O) groups is 1. The number of hydrogen-bond donors (Lipinski definition) is 2. The molecule has 1 aliphatic carbocycles. The van der Waals surface area contributed by atoms with E-state index in [-0.39, 0.29) is 24.4 Å². The lowest BCUT2D eigenvalue weighted by molar-refractivity contribution is -0.129. The third-order valence-corrected chi connectivity index (χ3v) is 4.11. The molecule has 1 amide bonds. The molecule has 1 atom stereocenters. The highest BCUT2D eigenvalue weighted by Crippen LogP contribution is 2.33. The monoisotopic (exact) mass is 312 g/mol. The molecule has 1 saturated carbocycles. The van der Waals surface area contributed by atoms with Gasteiger partial charge in [0.1, 0.15) is 13.2 Å². The highest BCUT2D eigenvalue weighted by Gasteiger charge is 2.40. The van der Waals surface area contributed by atoms with Crippen molar-refractivity contribution >= 4 is 18.3 Å². The van der Waals surface area contributed by atoms with Crippen LogP contribution < -0.4 is 20.5 Å². The highest BCUT2D eigenvalue weighted by molar-refractivity contribution is 5.87. The van der Waals surface area contributed by atoms with Crippen LogP contribution in [0.25, 0.3) is 0 Å². The summed E-state index contributed by atoms with van der Waals surface area (Å²) in [6.07, 6.45) is 2.57. The smallest absolute Gasteiger partial charge is 0.240 e. The molecular weight excluding hydrogens is 292 g/mol. The Kier molecular flexibility index (Phi) is 4.64. The first-order chi connectivity index (χ1) is 9.58. The van der Waals surface area contributed by atoms with Crippen molar-refractivity contribution < 1.29 is 14.3 Å². The first-order valence-corrected chi connectivity index (χ1v) is 7.08. The molecule has 0 saturated heterocycles. The summed E-state index contributed by atoms with van der Waals surface area (Å²) in [6.45, 7) is 3.09. The van der Waals surface area contributed by atoms with Gasteiger partial charge in [0.25, 0.3) is 0 Å². The van der Waals surface area contributed by atoms with Gasteiger partial charge in [0.2, 0.25) is 5.91 Å². The number of halogens is 1. The summed E-state index contributed by atoms with van der Waals surface area (Å²) in [6, 6.07) is 5.65. The Balaban J connectivity index is 0.00000161. The van der Waals surface area contributed by atoms with Gasteiger partial charge >= 0.3 is 0 Å². The minimum atomic E-state index is -0.665. The normalized spacial score (nSPS) is 19.7. The summed E-state index contributed by atoms with van der Waals surface area (Å²) in [4.78, 5) is 12.1. The number of hydrogen-bond acceptors (Lipinski definition) is 4. The maximum atomic E-state index is 12.1. The standard InChI is InChI=1S/C15H20N2O3.ClH/c1-10(17-14(18)15(16)5-2-6-15)11-3-4-12-13(9-11)20-8-7-19-12;/h3-4,9-10H,2,5-8,16H2,1H3,(H,17,18);1H. The summed E-state index contributed by atoms with van der Waals surface area (Å²) >= 11 is 0. The number of carbonyl (C=O) groups excluding carboxylic acids is 1. The quantitative estimate of drug-likeness (QED) is 0.894. The van der Waals surface area contributed by atoms with Gasteiger partial charge < -0.3 is 20.5 Å². The maximum absolute atomic E-state index is 12.1. The average molecular weight is 313 g/mol. The van der Waals surface area contributed by atoms with Crippen LogP contribution in [0.1, 0.15) is 37.8 Å². The van der Waals surface area contributed by atoms with Crippen molar-refractivity contribution in [3.8, 4) is 11.5 Å². The number of rotatable bonds is 3. The Labute approximate surface area is 130 Å². The molecule has 2 aliphatic rings. The molecule has 21 heavy (non-hydrogen) atoms. The molecule has 0 bridgehead atoms. The molecule has 1 aliphatic heterocycles. The zero-order valence-corrected chi connectivity index (χ0v) is 12.9. The zero-order chi connectivity index (χ0) is 14.2. The summed E-state index contributed by atoms with van der Waals surface area (Å²) in [7, 11) is 0. The van der Waals surface area contributed by atoms with E-state index in [1.165, 1.54) is 0 Å². The SMILES string of the molecule is CC(NC(=O)C1(N)CCC1)c1ccc2c(c1)OCCO2.Cl. The van der Waals surface area contributed by atoms with Crippen LogP contribution in [-0.2, 0) is 4.79 Å². The van der Waals surface area contributed by atoms with Gasteiger partial charge in [-0.3, -0.25) is 4.79 Å². The molecule has 1 fully saturated rings. The predicted molar refractivity (Wildman–Crippen MR) is 82.0 cm³/mol. The number of nitrogens with one attached hydrogen (secondary N) is 1. The molecule has 5 nitrogen and oxygen atoms in total. The van der Waals surface area contributed by atoms with E-state index in [9.17, 15) is 4.79 Å². The fraction of sp³-hybridized carbons (Fsp3) is 0.533. The largest absolute Gasteiger partial charge is 0.486 e. The predicted octanol–water partition coefficient (Wildman–Crippen LogP) is 1.94. The summed E-state index contributed by atoms with van der Waals surface area (Å²) in [5, 5.41) is 2.99. The van der Waals surface area contributed by atoms with Gasteiger partial charge in [-0.2, -0.15) is 0 Å². The van der Waals surface area contributed by atoms with E-state index in [0.29, 0.717) is 13.2 Å². The van der Waals surface area contributed by atoms with Crippen molar-refractivity contribution in [1.29, 1.82) is 0 Å². The Morgan fingerprint density at radius 3 is 2.57 bits per heavy atom. The molecule has 1 heterocycles. The summed E-state index contributed by atoms with van der Waals surface area (Å²) < 4.78 is 11.0. The maximum Gasteiger partial charge on any atom is 0.240 e. The first-order valence-electron chi connectivity index (χ1n) is 7.08. The molecule has 3 rings (SSSR count). The molecule has 0 radical (unpaired) electrons. The second kappa shape index (κ2) is 6.12. The molecule has 1 aromatic rings. The van der Waals surface area contributed by atoms with Gasteiger partial charge in [0.15, 0.2) is 11.5 Å². The first kappa shape index (κ1) is 15.9. The van der Waals surface area contributed by atoms with Crippen molar-refractivity contribution in [2.45, 2.75) is 37.8 Å². The van der Waals surface area contributed by atoms with E-state index in [2.05, 4.69) is 5.32 Å².